The van der Waals surface area contributed by atoms with Gasteiger partial charge in [-0.25, -0.2) is 13.1 Å². The third kappa shape index (κ3) is 7.73. The van der Waals surface area contributed by atoms with E-state index in [9.17, 15) is 8.42 Å². The van der Waals surface area contributed by atoms with Gasteiger partial charge in [-0.15, -0.1) is 0 Å². The summed E-state index contributed by atoms with van der Waals surface area (Å²) in [6.07, 6.45) is 0.529. The van der Waals surface area contributed by atoms with E-state index in [0.717, 1.165) is 16.8 Å². The number of hydrogen-bond acceptors (Lipinski definition) is 6. The summed E-state index contributed by atoms with van der Waals surface area (Å²) in [4.78, 5) is 0. The Morgan fingerprint density at radius 2 is 1.74 bits per heavy atom. The van der Waals surface area contributed by atoms with Crippen LogP contribution in [0.15, 0.2) is 72.8 Å². The minimum absolute atomic E-state index is 0.0174. The normalized spacial score (nSPS) is 12.1. The number of sulfonamides is 1. The van der Waals surface area contributed by atoms with Crippen molar-refractivity contribution in [2.24, 2.45) is 5.73 Å². The van der Waals surface area contributed by atoms with Crippen molar-refractivity contribution in [1.29, 1.82) is 5.41 Å². The Balaban J connectivity index is 1.83. The molecule has 0 bridgehead atoms. The van der Waals surface area contributed by atoms with E-state index < -0.39 is 10.0 Å². The van der Waals surface area contributed by atoms with Crippen molar-refractivity contribution in [2.45, 2.75) is 26.0 Å². The number of nitrogens with two attached hydrogens (primary N) is 1. The van der Waals surface area contributed by atoms with Gasteiger partial charge in [0, 0.05) is 17.8 Å². The van der Waals surface area contributed by atoms with Gasteiger partial charge in [-0.3, -0.25) is 5.41 Å². The van der Waals surface area contributed by atoms with E-state index in [1.807, 2.05) is 55.5 Å². The number of benzene rings is 3. The van der Waals surface area contributed by atoms with Crippen LogP contribution >= 0.6 is 0 Å². The first kappa shape index (κ1) is 26.1. The minimum atomic E-state index is -3.40. The number of ether oxygens (including phenoxy) is 2. The summed E-state index contributed by atoms with van der Waals surface area (Å²) >= 11 is 0. The first-order valence-electron chi connectivity index (χ1n) is 11.3. The molecule has 35 heavy (non-hydrogen) atoms. The number of nitrogens with one attached hydrogen (secondary N) is 3. The van der Waals surface area contributed by atoms with Gasteiger partial charge in [-0.2, -0.15) is 0 Å². The summed E-state index contributed by atoms with van der Waals surface area (Å²) in [7, 11) is -1.83. The average molecular weight is 497 g/mol. The predicted octanol–water partition coefficient (Wildman–Crippen LogP) is 4.04. The van der Waals surface area contributed by atoms with Crippen LogP contribution in [0.1, 0.15) is 36.1 Å². The van der Waals surface area contributed by atoms with Crippen molar-refractivity contribution >= 4 is 21.5 Å². The fourth-order valence-electron chi connectivity index (χ4n) is 3.51. The molecule has 0 aliphatic heterocycles. The van der Waals surface area contributed by atoms with Gasteiger partial charge in [0.1, 0.15) is 12.4 Å². The monoisotopic (exact) mass is 496 g/mol. The first-order valence-corrected chi connectivity index (χ1v) is 13.0. The number of hydrogen-bond donors (Lipinski definition) is 4. The van der Waals surface area contributed by atoms with Gasteiger partial charge in [0.15, 0.2) is 11.5 Å². The molecule has 0 saturated carbocycles. The maximum atomic E-state index is 12.3. The molecule has 0 aromatic heterocycles. The summed E-state index contributed by atoms with van der Waals surface area (Å²) in [5.74, 6) is 1.18. The second kappa shape index (κ2) is 12.2. The maximum absolute atomic E-state index is 12.3. The van der Waals surface area contributed by atoms with Gasteiger partial charge < -0.3 is 20.5 Å². The van der Waals surface area contributed by atoms with Crippen LogP contribution < -0.4 is 25.2 Å². The lowest BCUT2D eigenvalue weighted by Crippen LogP contribution is -2.33. The number of methoxy groups -OCH3 is 1. The van der Waals surface area contributed by atoms with Crippen molar-refractivity contribution in [3.63, 3.8) is 0 Å². The molecule has 0 saturated heterocycles. The van der Waals surface area contributed by atoms with Crippen LogP contribution in [0.3, 0.4) is 0 Å². The third-order valence-electron chi connectivity index (χ3n) is 5.34. The largest absolute Gasteiger partial charge is 0.493 e. The maximum Gasteiger partial charge on any atom is 0.211 e. The lowest BCUT2D eigenvalue weighted by molar-refractivity contribution is 0.284. The van der Waals surface area contributed by atoms with E-state index in [0.29, 0.717) is 30.1 Å². The molecule has 1 atom stereocenters. The second-order valence-electron chi connectivity index (χ2n) is 8.04. The van der Waals surface area contributed by atoms with Crippen LogP contribution in [0.4, 0.5) is 5.69 Å². The molecule has 0 radical (unpaired) electrons. The van der Waals surface area contributed by atoms with Crippen molar-refractivity contribution in [3.05, 3.63) is 89.5 Å². The van der Waals surface area contributed by atoms with E-state index in [2.05, 4.69) is 10.0 Å². The molecule has 3 aromatic carbocycles. The van der Waals surface area contributed by atoms with Crippen molar-refractivity contribution in [3.8, 4) is 11.5 Å². The lowest BCUT2D eigenvalue weighted by atomic mass is 10.1. The molecule has 9 heteroatoms. The molecule has 0 amide bonds. The molecule has 0 aliphatic rings. The summed E-state index contributed by atoms with van der Waals surface area (Å²) in [5.41, 5.74) is 8.78. The standard InChI is InChI=1S/C26H32N4O4S/c1-3-15-35(31,32)29-17-23(30-22-12-9-20(10-13-22)26(27)28)21-11-14-24(25(16-21)33-2)34-18-19-7-5-4-6-8-19/h4-14,16,23,29-30H,3,15,17-18H2,1-2H3,(H3,27,28). The SMILES string of the molecule is CCCS(=O)(=O)NCC(Nc1ccc(C(=N)N)cc1)c1ccc(OCc2ccccc2)c(OC)c1. The molecule has 8 nitrogen and oxygen atoms in total. The fourth-order valence-corrected chi connectivity index (χ4v) is 4.61. The molecule has 5 N–H and O–H groups in total. The van der Waals surface area contributed by atoms with Crippen LogP contribution in [0.5, 0.6) is 11.5 Å². The van der Waals surface area contributed by atoms with E-state index in [4.69, 9.17) is 20.6 Å². The highest BCUT2D eigenvalue weighted by molar-refractivity contribution is 7.89. The quantitative estimate of drug-likeness (QED) is 0.209. The Hall–Kier alpha value is -3.56. The van der Waals surface area contributed by atoms with Crippen LogP contribution in [0.25, 0.3) is 0 Å². The van der Waals surface area contributed by atoms with Crippen molar-refractivity contribution in [2.75, 3.05) is 24.7 Å². The van der Waals surface area contributed by atoms with Gasteiger partial charge in [-0.1, -0.05) is 43.3 Å². The van der Waals surface area contributed by atoms with Gasteiger partial charge in [0.2, 0.25) is 10.0 Å². The zero-order chi connectivity index (χ0) is 25.3. The predicted molar refractivity (Wildman–Crippen MR) is 140 cm³/mol. The Labute approximate surface area is 207 Å². The van der Waals surface area contributed by atoms with Gasteiger partial charge in [0.05, 0.1) is 18.9 Å². The van der Waals surface area contributed by atoms with Crippen LogP contribution in [-0.4, -0.2) is 33.7 Å². The van der Waals surface area contributed by atoms with Gasteiger partial charge >= 0.3 is 0 Å². The summed E-state index contributed by atoms with van der Waals surface area (Å²) in [6.45, 7) is 2.37. The number of amidine groups is 1. The van der Waals surface area contributed by atoms with Crippen molar-refractivity contribution < 1.29 is 17.9 Å². The zero-order valence-electron chi connectivity index (χ0n) is 20.0. The Kier molecular flexibility index (Phi) is 9.11. The highest BCUT2D eigenvalue weighted by Gasteiger charge is 2.18. The van der Waals surface area contributed by atoms with Gasteiger partial charge in [-0.05, 0) is 53.9 Å². The molecule has 0 fully saturated rings. The average Bonchev–Trinajstić information content (AvgIpc) is 2.86. The molecular formula is C26H32N4O4S. The fraction of sp³-hybridized carbons (Fsp3) is 0.269. The molecule has 186 valence electrons. The zero-order valence-corrected chi connectivity index (χ0v) is 20.8. The molecule has 3 aromatic rings. The topological polar surface area (TPSA) is 127 Å². The summed E-state index contributed by atoms with van der Waals surface area (Å²) < 4.78 is 38.9. The Morgan fingerprint density at radius 3 is 2.37 bits per heavy atom. The first-order chi connectivity index (χ1) is 16.8. The minimum Gasteiger partial charge on any atom is -0.493 e. The van der Waals surface area contributed by atoms with Crippen LogP contribution in [0, 0.1) is 5.41 Å². The summed E-state index contributed by atoms with van der Waals surface area (Å²) in [5, 5.41) is 10.9. The van der Waals surface area contributed by atoms with E-state index in [1.54, 1.807) is 31.4 Å². The second-order valence-corrected chi connectivity index (χ2v) is 9.97. The van der Waals surface area contributed by atoms with Gasteiger partial charge in [0.25, 0.3) is 0 Å². The molecule has 0 spiro atoms. The van der Waals surface area contributed by atoms with Crippen LogP contribution in [0.2, 0.25) is 0 Å². The lowest BCUT2D eigenvalue weighted by Gasteiger charge is -2.22. The third-order valence-corrected chi connectivity index (χ3v) is 6.90. The number of anilines is 1. The van der Waals surface area contributed by atoms with Crippen LogP contribution in [-0.2, 0) is 16.6 Å². The molecular weight excluding hydrogens is 464 g/mol. The van der Waals surface area contributed by atoms with E-state index >= 15 is 0 Å². The Morgan fingerprint density at radius 1 is 1.03 bits per heavy atom. The molecule has 3 rings (SSSR count). The smallest absolute Gasteiger partial charge is 0.211 e. The number of rotatable bonds is 13. The van der Waals surface area contributed by atoms with E-state index in [-0.39, 0.29) is 24.2 Å². The number of nitrogen functional groups attached to an aromatic ring is 1. The molecule has 0 heterocycles. The van der Waals surface area contributed by atoms with Crippen molar-refractivity contribution in [1.82, 2.24) is 4.72 Å². The summed E-state index contributed by atoms with van der Waals surface area (Å²) in [6, 6.07) is 22.1. The highest BCUT2D eigenvalue weighted by Crippen LogP contribution is 2.32. The highest BCUT2D eigenvalue weighted by atomic mass is 32.2. The molecule has 0 aliphatic carbocycles. The Bertz CT molecular complexity index is 1220. The molecule has 1 unspecified atom stereocenters. The van der Waals surface area contributed by atoms with E-state index in [1.165, 1.54) is 0 Å².